The maximum absolute atomic E-state index is 5.40. The van der Waals surface area contributed by atoms with Gasteiger partial charge in [-0.3, -0.25) is 0 Å². The second-order valence-corrected chi connectivity index (χ2v) is 6.50. The highest BCUT2D eigenvalue weighted by Crippen LogP contribution is 2.27. The number of nitrogens with one attached hydrogen (secondary N) is 1. The molecule has 5 nitrogen and oxygen atoms in total. The van der Waals surface area contributed by atoms with Gasteiger partial charge in [0.25, 0.3) is 0 Å². The van der Waals surface area contributed by atoms with Gasteiger partial charge < -0.3 is 14.6 Å². The second kappa shape index (κ2) is 8.39. The molecule has 0 aliphatic heterocycles. The van der Waals surface area contributed by atoms with E-state index in [1.165, 1.54) is 5.56 Å². The van der Waals surface area contributed by atoms with Crippen LogP contribution in [0.1, 0.15) is 17.1 Å². The Morgan fingerprint density at radius 2 is 1.64 bits per heavy atom. The van der Waals surface area contributed by atoms with E-state index >= 15 is 0 Å². The minimum absolute atomic E-state index is 0.576. The average Bonchev–Trinajstić information content (AvgIpc) is 3.25. The van der Waals surface area contributed by atoms with Gasteiger partial charge in [-0.05, 0) is 36.8 Å². The van der Waals surface area contributed by atoms with Crippen molar-refractivity contribution in [3.8, 4) is 0 Å². The first kappa shape index (κ1) is 17.8. The van der Waals surface area contributed by atoms with Crippen LogP contribution >= 0.6 is 0 Å². The molecule has 0 amide bonds. The number of hydrogen-bond acceptors (Lipinski definition) is 5. The highest BCUT2D eigenvalue weighted by molar-refractivity contribution is 5.62. The number of rotatable bonds is 7. The summed E-state index contributed by atoms with van der Waals surface area (Å²) in [5, 5.41) is 3.33. The van der Waals surface area contributed by atoms with E-state index in [2.05, 4.69) is 51.6 Å². The summed E-state index contributed by atoms with van der Waals surface area (Å²) in [7, 11) is 0. The fraction of sp³-hybridized carbons (Fsp3) is 0.130. The average molecular weight is 370 g/mol. The number of hydrogen-bond donors (Lipinski definition) is 1. The number of aromatic nitrogens is 2. The largest absolute Gasteiger partial charge is 0.467 e. The predicted octanol–water partition coefficient (Wildman–Crippen LogP) is 5.33. The van der Waals surface area contributed by atoms with Crippen molar-refractivity contribution in [2.75, 3.05) is 10.2 Å². The summed E-state index contributed by atoms with van der Waals surface area (Å²) in [5.41, 5.74) is 2.30. The van der Waals surface area contributed by atoms with Gasteiger partial charge in [0.1, 0.15) is 23.2 Å². The molecule has 0 aliphatic rings. The van der Waals surface area contributed by atoms with E-state index in [4.69, 9.17) is 9.40 Å². The van der Waals surface area contributed by atoms with Crippen molar-refractivity contribution >= 4 is 17.3 Å². The normalized spacial score (nSPS) is 10.6. The van der Waals surface area contributed by atoms with Gasteiger partial charge >= 0.3 is 0 Å². The second-order valence-electron chi connectivity index (χ2n) is 6.50. The molecule has 0 spiro atoms. The standard InChI is InChI=1S/C23H22N4O/c1-18-25-22(24-16-21-13-8-14-28-21)15-23(26-18)27(20-11-6-3-7-12-20)17-19-9-4-2-5-10-19/h2-15H,16-17H2,1H3,(H,24,25,26). The molecule has 4 aromatic rings. The first-order valence-corrected chi connectivity index (χ1v) is 9.26. The highest BCUT2D eigenvalue weighted by atomic mass is 16.3. The Bertz CT molecular complexity index is 1000. The Balaban J connectivity index is 1.65. The SMILES string of the molecule is Cc1nc(NCc2ccco2)cc(N(Cc2ccccc2)c2ccccc2)n1. The summed E-state index contributed by atoms with van der Waals surface area (Å²) >= 11 is 0. The fourth-order valence-corrected chi connectivity index (χ4v) is 3.05. The molecule has 2 heterocycles. The third-order valence-electron chi connectivity index (χ3n) is 4.38. The molecule has 2 aromatic heterocycles. The third-order valence-corrected chi connectivity index (χ3v) is 4.38. The lowest BCUT2D eigenvalue weighted by Crippen LogP contribution is -2.19. The summed E-state index contributed by atoms with van der Waals surface area (Å²) in [5.74, 6) is 3.20. The first-order chi connectivity index (χ1) is 13.8. The predicted molar refractivity (Wildman–Crippen MR) is 112 cm³/mol. The van der Waals surface area contributed by atoms with E-state index < -0.39 is 0 Å². The van der Waals surface area contributed by atoms with Crippen molar-refractivity contribution in [1.82, 2.24) is 9.97 Å². The minimum Gasteiger partial charge on any atom is -0.467 e. The topological polar surface area (TPSA) is 54.2 Å². The van der Waals surface area contributed by atoms with Gasteiger partial charge in [0.05, 0.1) is 12.8 Å². The van der Waals surface area contributed by atoms with Crippen LogP contribution < -0.4 is 10.2 Å². The molecule has 5 heteroatoms. The van der Waals surface area contributed by atoms with E-state index in [1.807, 2.05) is 49.4 Å². The number of nitrogens with zero attached hydrogens (tertiary/aromatic N) is 3. The Kier molecular flexibility index (Phi) is 5.33. The van der Waals surface area contributed by atoms with Gasteiger partial charge in [-0.25, -0.2) is 9.97 Å². The van der Waals surface area contributed by atoms with Crippen LogP contribution in [0.25, 0.3) is 0 Å². The van der Waals surface area contributed by atoms with Gasteiger partial charge in [0.15, 0.2) is 0 Å². The van der Waals surface area contributed by atoms with E-state index in [1.54, 1.807) is 6.26 Å². The van der Waals surface area contributed by atoms with Crippen LogP contribution in [0.3, 0.4) is 0 Å². The lowest BCUT2D eigenvalue weighted by molar-refractivity contribution is 0.517. The Hall–Kier alpha value is -3.60. The quantitative estimate of drug-likeness (QED) is 0.477. The molecule has 0 radical (unpaired) electrons. The fourth-order valence-electron chi connectivity index (χ4n) is 3.05. The van der Waals surface area contributed by atoms with Gasteiger partial charge in [0.2, 0.25) is 0 Å². The van der Waals surface area contributed by atoms with E-state index in [9.17, 15) is 0 Å². The Labute approximate surface area is 164 Å². The first-order valence-electron chi connectivity index (χ1n) is 9.26. The van der Waals surface area contributed by atoms with Crippen LogP contribution in [0.5, 0.6) is 0 Å². The molecule has 0 unspecified atom stereocenters. The molecule has 140 valence electrons. The zero-order valence-electron chi connectivity index (χ0n) is 15.7. The summed E-state index contributed by atoms with van der Waals surface area (Å²) < 4.78 is 5.40. The van der Waals surface area contributed by atoms with Gasteiger partial charge in [-0.1, -0.05) is 48.5 Å². The molecule has 0 fully saturated rings. The lowest BCUT2D eigenvalue weighted by atomic mass is 10.2. The van der Waals surface area contributed by atoms with Gasteiger partial charge in [0, 0.05) is 18.3 Å². The van der Waals surface area contributed by atoms with Crippen molar-refractivity contribution < 1.29 is 4.42 Å². The Morgan fingerprint density at radius 3 is 2.36 bits per heavy atom. The van der Waals surface area contributed by atoms with Gasteiger partial charge in [-0.15, -0.1) is 0 Å². The van der Waals surface area contributed by atoms with Crippen molar-refractivity contribution in [3.05, 3.63) is 102 Å². The smallest absolute Gasteiger partial charge is 0.139 e. The summed E-state index contributed by atoms with van der Waals surface area (Å²) in [4.78, 5) is 11.4. The van der Waals surface area contributed by atoms with E-state index in [0.29, 0.717) is 12.4 Å². The monoisotopic (exact) mass is 370 g/mol. The van der Waals surface area contributed by atoms with Crippen LogP contribution in [0.2, 0.25) is 0 Å². The van der Waals surface area contributed by atoms with Crippen molar-refractivity contribution in [2.24, 2.45) is 0 Å². The molecule has 0 saturated heterocycles. The van der Waals surface area contributed by atoms with Crippen molar-refractivity contribution in [2.45, 2.75) is 20.0 Å². The van der Waals surface area contributed by atoms with E-state index in [0.717, 1.165) is 29.6 Å². The summed E-state index contributed by atoms with van der Waals surface area (Å²) in [6, 6.07) is 26.5. The van der Waals surface area contributed by atoms with Crippen LogP contribution in [0, 0.1) is 6.92 Å². The van der Waals surface area contributed by atoms with Crippen molar-refractivity contribution in [1.29, 1.82) is 0 Å². The molecule has 28 heavy (non-hydrogen) atoms. The number of aryl methyl sites for hydroxylation is 1. The minimum atomic E-state index is 0.576. The third kappa shape index (κ3) is 4.38. The maximum Gasteiger partial charge on any atom is 0.139 e. The van der Waals surface area contributed by atoms with Crippen molar-refractivity contribution in [3.63, 3.8) is 0 Å². The van der Waals surface area contributed by atoms with Crippen LogP contribution in [-0.2, 0) is 13.1 Å². The van der Waals surface area contributed by atoms with Crippen LogP contribution in [0.4, 0.5) is 17.3 Å². The molecule has 0 bridgehead atoms. The number of benzene rings is 2. The number of anilines is 3. The maximum atomic E-state index is 5.40. The number of para-hydroxylation sites is 1. The molecule has 2 aromatic carbocycles. The molecule has 0 atom stereocenters. The summed E-state index contributed by atoms with van der Waals surface area (Å²) in [6.45, 7) is 3.21. The molecular weight excluding hydrogens is 348 g/mol. The zero-order chi connectivity index (χ0) is 19.2. The van der Waals surface area contributed by atoms with Crippen LogP contribution in [-0.4, -0.2) is 9.97 Å². The lowest BCUT2D eigenvalue weighted by Gasteiger charge is -2.25. The Morgan fingerprint density at radius 1 is 0.893 bits per heavy atom. The highest BCUT2D eigenvalue weighted by Gasteiger charge is 2.14. The molecule has 4 rings (SSSR count). The van der Waals surface area contributed by atoms with E-state index in [-0.39, 0.29) is 0 Å². The summed E-state index contributed by atoms with van der Waals surface area (Å²) in [6.07, 6.45) is 1.67. The number of furan rings is 1. The zero-order valence-corrected chi connectivity index (χ0v) is 15.7. The van der Waals surface area contributed by atoms with Crippen LogP contribution in [0.15, 0.2) is 89.5 Å². The molecule has 1 N–H and O–H groups in total. The van der Waals surface area contributed by atoms with Gasteiger partial charge in [-0.2, -0.15) is 0 Å². The molecule has 0 aliphatic carbocycles. The molecular formula is C23H22N4O. The molecule has 0 saturated carbocycles.